The van der Waals surface area contributed by atoms with Gasteiger partial charge in [0, 0.05) is 15.8 Å². The number of hydrogen-bond donors (Lipinski definition) is 3. The number of benzene rings is 2. The quantitative estimate of drug-likeness (QED) is 0.728. The topological polar surface area (TPSA) is 57.0 Å². The van der Waals surface area contributed by atoms with Crippen molar-refractivity contribution in [2.24, 2.45) is 0 Å². The molecule has 2 aromatic rings. The summed E-state index contributed by atoms with van der Waals surface area (Å²) in [5.41, 5.74) is 3.09. The Morgan fingerprint density at radius 2 is 1.88 bits per heavy atom. The number of halogens is 1. The Morgan fingerprint density at radius 1 is 1.20 bits per heavy atom. The van der Waals surface area contributed by atoms with Gasteiger partial charge in [-0.25, -0.2) is 0 Å². The molecule has 6 heteroatoms. The Balaban J connectivity index is 1.49. The number of phenols is 1. The van der Waals surface area contributed by atoms with E-state index in [4.69, 9.17) is 0 Å². The number of amides is 1. The largest absolute Gasteiger partial charge is 0.508 e. The van der Waals surface area contributed by atoms with E-state index in [-0.39, 0.29) is 11.7 Å². The van der Waals surface area contributed by atoms with Gasteiger partial charge in [0.15, 0.2) is 6.54 Å². The predicted octanol–water partition coefficient (Wildman–Crippen LogP) is 1.81. The first-order valence-corrected chi connectivity index (χ1v) is 9.24. The molecule has 0 unspecified atom stereocenters. The third-order valence-corrected chi connectivity index (χ3v) is 5.41. The summed E-state index contributed by atoms with van der Waals surface area (Å²) in [4.78, 5) is 15.9. The summed E-state index contributed by atoms with van der Waals surface area (Å²) in [6.45, 7) is 6.16. The maximum atomic E-state index is 12.3. The van der Waals surface area contributed by atoms with Crippen molar-refractivity contribution in [2.45, 2.75) is 6.92 Å². The van der Waals surface area contributed by atoms with Gasteiger partial charge in [-0.3, -0.25) is 4.79 Å². The molecule has 1 saturated heterocycles. The first kappa shape index (κ1) is 17.8. The van der Waals surface area contributed by atoms with E-state index < -0.39 is 0 Å². The molecule has 0 spiro atoms. The number of piperazine rings is 1. The first-order chi connectivity index (χ1) is 12.0. The maximum Gasteiger partial charge on any atom is 0.279 e. The van der Waals surface area contributed by atoms with Crippen molar-refractivity contribution in [3.8, 4) is 5.75 Å². The highest BCUT2D eigenvalue weighted by atomic mass is 79.9. The Hall–Kier alpha value is -2.05. The second kappa shape index (κ2) is 7.89. The SMILES string of the molecule is Cc1ccc(NC(=O)C[NH+]2CCN(c3ccc(O)cc3)CC2)cc1Br. The summed E-state index contributed by atoms with van der Waals surface area (Å²) >= 11 is 3.49. The van der Waals surface area contributed by atoms with Crippen molar-refractivity contribution in [3.63, 3.8) is 0 Å². The predicted molar refractivity (Wildman–Crippen MR) is 103 cm³/mol. The highest BCUT2D eigenvalue weighted by molar-refractivity contribution is 9.10. The normalized spacial score (nSPS) is 15.2. The van der Waals surface area contributed by atoms with Gasteiger partial charge >= 0.3 is 0 Å². The molecule has 1 aliphatic heterocycles. The van der Waals surface area contributed by atoms with Crippen LogP contribution in [0.25, 0.3) is 0 Å². The highest BCUT2D eigenvalue weighted by Crippen LogP contribution is 2.20. The lowest BCUT2D eigenvalue weighted by Crippen LogP contribution is -3.15. The molecular formula is C19H23BrN3O2+. The fraction of sp³-hybridized carbons (Fsp3) is 0.316. The van der Waals surface area contributed by atoms with Gasteiger partial charge in [-0.2, -0.15) is 0 Å². The summed E-state index contributed by atoms with van der Waals surface area (Å²) in [6.07, 6.45) is 0. The fourth-order valence-electron chi connectivity index (χ4n) is 3.02. The molecule has 0 aliphatic carbocycles. The van der Waals surface area contributed by atoms with Gasteiger partial charge in [-0.05, 0) is 48.9 Å². The minimum atomic E-state index is 0.0452. The number of quaternary nitrogens is 1. The molecule has 132 valence electrons. The van der Waals surface area contributed by atoms with Crippen molar-refractivity contribution in [2.75, 3.05) is 42.9 Å². The number of nitrogens with one attached hydrogen (secondary N) is 2. The number of carbonyl (C=O) groups excluding carboxylic acids is 1. The van der Waals surface area contributed by atoms with E-state index in [0.717, 1.165) is 47.6 Å². The van der Waals surface area contributed by atoms with Crippen molar-refractivity contribution >= 4 is 33.2 Å². The van der Waals surface area contributed by atoms with Gasteiger partial charge in [0.05, 0.1) is 26.2 Å². The zero-order chi connectivity index (χ0) is 17.8. The number of carbonyl (C=O) groups is 1. The van der Waals surface area contributed by atoms with E-state index in [1.54, 1.807) is 12.1 Å². The lowest BCUT2D eigenvalue weighted by molar-refractivity contribution is -0.892. The van der Waals surface area contributed by atoms with Gasteiger partial charge in [0.1, 0.15) is 5.75 Å². The number of hydrogen-bond acceptors (Lipinski definition) is 3. The summed E-state index contributed by atoms with van der Waals surface area (Å²) in [6, 6.07) is 13.1. The van der Waals surface area contributed by atoms with Crippen LogP contribution in [0, 0.1) is 6.92 Å². The molecule has 2 aromatic carbocycles. The van der Waals surface area contributed by atoms with Crippen LogP contribution in [0.3, 0.4) is 0 Å². The van der Waals surface area contributed by atoms with E-state index in [9.17, 15) is 9.90 Å². The Labute approximate surface area is 156 Å². The van der Waals surface area contributed by atoms with Crippen LogP contribution in [0.15, 0.2) is 46.9 Å². The number of aryl methyl sites for hydroxylation is 1. The average molecular weight is 405 g/mol. The van der Waals surface area contributed by atoms with Crippen molar-refractivity contribution in [1.82, 2.24) is 0 Å². The van der Waals surface area contributed by atoms with Gasteiger partial charge < -0.3 is 20.2 Å². The molecule has 0 aromatic heterocycles. The van der Waals surface area contributed by atoms with E-state index in [1.807, 2.05) is 37.3 Å². The molecule has 3 rings (SSSR count). The molecule has 0 radical (unpaired) electrons. The van der Waals surface area contributed by atoms with Crippen LogP contribution in [-0.4, -0.2) is 43.7 Å². The average Bonchev–Trinajstić information content (AvgIpc) is 2.60. The molecule has 25 heavy (non-hydrogen) atoms. The monoisotopic (exact) mass is 404 g/mol. The van der Waals surface area contributed by atoms with E-state index >= 15 is 0 Å². The van der Waals surface area contributed by atoms with Crippen molar-refractivity contribution < 1.29 is 14.8 Å². The van der Waals surface area contributed by atoms with Gasteiger partial charge in [0.2, 0.25) is 0 Å². The van der Waals surface area contributed by atoms with Crippen LogP contribution in [0.1, 0.15) is 5.56 Å². The molecule has 1 amide bonds. The maximum absolute atomic E-state index is 12.3. The van der Waals surface area contributed by atoms with Gasteiger partial charge in [-0.15, -0.1) is 0 Å². The smallest absolute Gasteiger partial charge is 0.279 e. The van der Waals surface area contributed by atoms with Crippen LogP contribution < -0.4 is 15.1 Å². The van der Waals surface area contributed by atoms with Crippen molar-refractivity contribution in [3.05, 3.63) is 52.5 Å². The molecule has 1 fully saturated rings. The van der Waals surface area contributed by atoms with Crippen LogP contribution in [0.2, 0.25) is 0 Å². The number of nitrogens with zero attached hydrogens (tertiary/aromatic N) is 1. The lowest BCUT2D eigenvalue weighted by Gasteiger charge is -2.33. The molecular weight excluding hydrogens is 382 g/mol. The van der Waals surface area contributed by atoms with Crippen LogP contribution in [0.5, 0.6) is 5.75 Å². The number of rotatable bonds is 4. The third kappa shape index (κ3) is 4.74. The first-order valence-electron chi connectivity index (χ1n) is 8.45. The van der Waals surface area contributed by atoms with Crippen molar-refractivity contribution in [1.29, 1.82) is 0 Å². The summed E-state index contributed by atoms with van der Waals surface area (Å²) < 4.78 is 1.00. The van der Waals surface area contributed by atoms with Crippen LogP contribution >= 0.6 is 15.9 Å². The zero-order valence-corrected chi connectivity index (χ0v) is 15.8. The molecule has 0 saturated carbocycles. The second-order valence-corrected chi connectivity index (χ2v) is 7.30. The lowest BCUT2D eigenvalue weighted by atomic mass is 10.2. The zero-order valence-electron chi connectivity index (χ0n) is 14.3. The Bertz CT molecular complexity index is 741. The molecule has 0 atom stereocenters. The Morgan fingerprint density at radius 3 is 2.52 bits per heavy atom. The molecule has 1 aliphatic rings. The van der Waals surface area contributed by atoms with E-state index in [2.05, 4.69) is 26.1 Å². The molecule has 3 N–H and O–H groups in total. The van der Waals surface area contributed by atoms with E-state index in [0.29, 0.717) is 6.54 Å². The summed E-state index contributed by atoms with van der Waals surface area (Å²) in [5, 5.41) is 12.4. The van der Waals surface area contributed by atoms with E-state index in [1.165, 1.54) is 4.90 Å². The molecule has 0 bridgehead atoms. The molecule has 1 heterocycles. The third-order valence-electron chi connectivity index (χ3n) is 4.55. The minimum absolute atomic E-state index is 0.0452. The minimum Gasteiger partial charge on any atom is -0.508 e. The summed E-state index contributed by atoms with van der Waals surface area (Å²) in [5.74, 6) is 0.330. The van der Waals surface area contributed by atoms with Gasteiger partial charge in [-0.1, -0.05) is 22.0 Å². The van der Waals surface area contributed by atoms with Crippen LogP contribution in [-0.2, 0) is 4.79 Å². The Kier molecular flexibility index (Phi) is 5.60. The number of aromatic hydroxyl groups is 1. The number of anilines is 2. The number of phenolic OH excluding ortho intramolecular Hbond substituents is 1. The second-order valence-electron chi connectivity index (χ2n) is 6.44. The summed E-state index contributed by atoms with van der Waals surface area (Å²) in [7, 11) is 0. The molecule has 5 nitrogen and oxygen atoms in total. The highest BCUT2D eigenvalue weighted by Gasteiger charge is 2.22. The fourth-order valence-corrected chi connectivity index (χ4v) is 3.40. The standard InChI is InChI=1S/C19H22BrN3O2/c1-14-2-3-15(12-18(14)20)21-19(25)13-22-8-10-23(11-9-22)16-4-6-17(24)7-5-16/h2-7,12,24H,8-11,13H2,1H3,(H,21,25)/p+1. The van der Waals surface area contributed by atoms with Crippen LogP contribution in [0.4, 0.5) is 11.4 Å². The van der Waals surface area contributed by atoms with Gasteiger partial charge in [0.25, 0.3) is 5.91 Å².